The van der Waals surface area contributed by atoms with Gasteiger partial charge in [0.05, 0.1) is 11.4 Å². The molecule has 1 heterocycles. The molecule has 168 valence electrons. The van der Waals surface area contributed by atoms with Crippen molar-refractivity contribution in [1.29, 1.82) is 0 Å². The normalized spacial score (nSPS) is 11.0. The van der Waals surface area contributed by atoms with Crippen molar-refractivity contribution in [3.8, 4) is 28.1 Å². The van der Waals surface area contributed by atoms with Crippen molar-refractivity contribution in [3.63, 3.8) is 0 Å². The van der Waals surface area contributed by atoms with E-state index in [2.05, 4.69) is 63.7 Å². The second kappa shape index (κ2) is 9.29. The minimum absolute atomic E-state index is 0.469. The van der Waals surface area contributed by atoms with Crippen molar-refractivity contribution in [2.45, 2.75) is 34.3 Å². The molecule has 0 aliphatic carbocycles. The number of benzene rings is 3. The molecule has 3 aromatic carbocycles. The highest BCUT2D eigenvalue weighted by atomic mass is 35.5. The molecule has 3 nitrogen and oxygen atoms in total. The Bertz CT molecular complexity index is 1330. The van der Waals surface area contributed by atoms with E-state index in [4.69, 9.17) is 21.4 Å². The summed E-state index contributed by atoms with van der Waals surface area (Å²) in [5.41, 5.74) is 11.0. The number of ether oxygens (including phenoxy) is 1. The maximum Gasteiger partial charge on any atom is 0.127 e. The molecule has 0 radical (unpaired) electrons. The first kappa shape index (κ1) is 22.9. The highest BCUT2D eigenvalue weighted by molar-refractivity contribution is 6.30. The lowest BCUT2D eigenvalue weighted by Gasteiger charge is -2.18. The van der Waals surface area contributed by atoms with E-state index in [0.717, 1.165) is 55.6 Å². The average Bonchev–Trinajstić information content (AvgIpc) is 3.17. The lowest BCUT2D eigenvalue weighted by Crippen LogP contribution is -2.00. The van der Waals surface area contributed by atoms with E-state index in [-0.39, 0.29) is 0 Å². The van der Waals surface area contributed by atoms with Gasteiger partial charge in [0.25, 0.3) is 0 Å². The van der Waals surface area contributed by atoms with E-state index >= 15 is 0 Å². The van der Waals surface area contributed by atoms with Crippen LogP contribution in [-0.4, -0.2) is 9.78 Å². The van der Waals surface area contributed by atoms with Crippen LogP contribution in [0.15, 0.2) is 67.2 Å². The maximum atomic E-state index is 6.34. The molecule has 0 spiro atoms. The fourth-order valence-corrected chi connectivity index (χ4v) is 4.21. The van der Waals surface area contributed by atoms with Crippen molar-refractivity contribution >= 4 is 17.2 Å². The SMILES string of the molecule is C=C(C)c1cc(-c2ccc(OCc3ccc(Cl)cc3)c(-c3ccc(C)c(C)c3)c2C)nn1C. The molecular formula is C29H29ClN2O. The highest BCUT2D eigenvalue weighted by Gasteiger charge is 2.18. The highest BCUT2D eigenvalue weighted by Crippen LogP contribution is 2.40. The molecule has 0 aliphatic heterocycles. The predicted octanol–water partition coefficient (Wildman–Crippen LogP) is 7.94. The quantitative estimate of drug-likeness (QED) is 0.294. The first-order valence-electron chi connectivity index (χ1n) is 11.0. The molecule has 33 heavy (non-hydrogen) atoms. The minimum atomic E-state index is 0.469. The number of allylic oxidation sites excluding steroid dienone is 1. The molecule has 0 atom stereocenters. The summed E-state index contributed by atoms with van der Waals surface area (Å²) in [4.78, 5) is 0. The number of aryl methyl sites for hydroxylation is 3. The molecule has 4 rings (SSSR count). The number of halogens is 1. The lowest BCUT2D eigenvalue weighted by molar-refractivity contribution is 0.307. The summed E-state index contributed by atoms with van der Waals surface area (Å²) in [6.45, 7) is 13.0. The molecule has 1 aromatic heterocycles. The Kier molecular flexibility index (Phi) is 6.44. The third-order valence-corrected chi connectivity index (χ3v) is 6.37. The van der Waals surface area contributed by atoms with E-state index in [1.165, 1.54) is 11.1 Å². The van der Waals surface area contributed by atoms with Crippen molar-refractivity contribution in [2.75, 3.05) is 0 Å². The van der Waals surface area contributed by atoms with Gasteiger partial charge in [-0.3, -0.25) is 4.68 Å². The third-order valence-electron chi connectivity index (χ3n) is 6.12. The van der Waals surface area contributed by atoms with Crippen molar-refractivity contribution in [1.82, 2.24) is 9.78 Å². The standard InChI is InChI=1S/C29H29ClN2O/c1-18(2)27-16-26(31-32(27)6)25-13-14-28(33-17-22-8-11-24(30)12-9-22)29(21(25)5)23-10-7-19(3)20(4)15-23/h7-16H,1,17H2,2-6H3. The van der Waals surface area contributed by atoms with E-state index in [9.17, 15) is 0 Å². The molecule has 0 fully saturated rings. The number of aromatic nitrogens is 2. The molecule has 0 amide bonds. The summed E-state index contributed by atoms with van der Waals surface area (Å²) in [6.07, 6.45) is 0. The number of nitrogens with zero attached hydrogens (tertiary/aromatic N) is 2. The lowest BCUT2D eigenvalue weighted by atomic mass is 9.92. The fourth-order valence-electron chi connectivity index (χ4n) is 4.08. The van der Waals surface area contributed by atoms with Gasteiger partial charge in [-0.15, -0.1) is 0 Å². The van der Waals surface area contributed by atoms with Crippen LogP contribution >= 0.6 is 11.6 Å². The van der Waals surface area contributed by atoms with Crippen LogP contribution < -0.4 is 4.74 Å². The van der Waals surface area contributed by atoms with Gasteiger partial charge >= 0.3 is 0 Å². The molecule has 0 unspecified atom stereocenters. The Hall–Kier alpha value is -3.30. The number of hydrogen-bond acceptors (Lipinski definition) is 2. The Balaban J connectivity index is 1.81. The topological polar surface area (TPSA) is 27.1 Å². The van der Waals surface area contributed by atoms with E-state index < -0.39 is 0 Å². The smallest absolute Gasteiger partial charge is 0.127 e. The Morgan fingerprint density at radius 2 is 1.70 bits per heavy atom. The van der Waals surface area contributed by atoms with Gasteiger partial charge in [-0.1, -0.05) is 48.5 Å². The Morgan fingerprint density at radius 3 is 2.33 bits per heavy atom. The van der Waals surface area contributed by atoms with Gasteiger partial charge in [-0.05, 0) is 91.4 Å². The van der Waals surface area contributed by atoms with Crippen LogP contribution in [0.4, 0.5) is 0 Å². The second-order valence-electron chi connectivity index (χ2n) is 8.64. The first-order valence-corrected chi connectivity index (χ1v) is 11.4. The first-order chi connectivity index (χ1) is 15.7. The zero-order chi connectivity index (χ0) is 23.7. The summed E-state index contributed by atoms with van der Waals surface area (Å²) in [7, 11) is 1.96. The molecule has 0 saturated heterocycles. The molecule has 0 saturated carbocycles. The van der Waals surface area contributed by atoms with E-state index in [1.807, 2.05) is 42.9 Å². The van der Waals surface area contributed by atoms with Crippen LogP contribution in [0, 0.1) is 20.8 Å². The predicted molar refractivity (Wildman–Crippen MR) is 139 cm³/mol. The zero-order valence-electron chi connectivity index (χ0n) is 19.9. The van der Waals surface area contributed by atoms with E-state index in [1.54, 1.807) is 0 Å². The minimum Gasteiger partial charge on any atom is -0.488 e. The van der Waals surface area contributed by atoms with Gasteiger partial charge in [0, 0.05) is 23.2 Å². The van der Waals surface area contributed by atoms with Crippen molar-refractivity contribution in [3.05, 3.63) is 100 Å². The number of rotatable bonds is 6. The average molecular weight is 457 g/mol. The van der Waals surface area contributed by atoms with Crippen LogP contribution in [0.3, 0.4) is 0 Å². The van der Waals surface area contributed by atoms with Gasteiger partial charge in [-0.25, -0.2) is 0 Å². The molecule has 4 aromatic rings. The molecule has 4 heteroatoms. The molecule has 0 bridgehead atoms. The largest absolute Gasteiger partial charge is 0.488 e. The van der Waals surface area contributed by atoms with Gasteiger partial charge in [0.2, 0.25) is 0 Å². The summed E-state index contributed by atoms with van der Waals surface area (Å²) >= 11 is 6.04. The summed E-state index contributed by atoms with van der Waals surface area (Å²) in [6, 6.07) is 20.6. The fraction of sp³-hybridized carbons (Fsp3) is 0.207. The van der Waals surface area contributed by atoms with Crippen molar-refractivity contribution in [2.24, 2.45) is 7.05 Å². The van der Waals surface area contributed by atoms with Crippen LogP contribution in [0.5, 0.6) is 5.75 Å². The summed E-state index contributed by atoms with van der Waals surface area (Å²) in [5, 5.41) is 5.48. The molecule has 0 aliphatic rings. The maximum absolute atomic E-state index is 6.34. The molecular weight excluding hydrogens is 428 g/mol. The van der Waals surface area contributed by atoms with Crippen LogP contribution in [-0.2, 0) is 13.7 Å². The van der Waals surface area contributed by atoms with Crippen LogP contribution in [0.25, 0.3) is 28.0 Å². The molecule has 0 N–H and O–H groups in total. The Morgan fingerprint density at radius 1 is 0.970 bits per heavy atom. The van der Waals surface area contributed by atoms with Crippen molar-refractivity contribution < 1.29 is 4.74 Å². The van der Waals surface area contributed by atoms with Gasteiger partial charge in [-0.2, -0.15) is 5.10 Å². The van der Waals surface area contributed by atoms with Crippen LogP contribution in [0.1, 0.15) is 34.9 Å². The Labute approximate surface area is 201 Å². The van der Waals surface area contributed by atoms with E-state index in [0.29, 0.717) is 6.61 Å². The van der Waals surface area contributed by atoms with Crippen LogP contribution in [0.2, 0.25) is 5.02 Å². The zero-order valence-corrected chi connectivity index (χ0v) is 20.6. The second-order valence-corrected chi connectivity index (χ2v) is 9.08. The summed E-state index contributed by atoms with van der Waals surface area (Å²) in [5.74, 6) is 0.852. The monoisotopic (exact) mass is 456 g/mol. The summed E-state index contributed by atoms with van der Waals surface area (Å²) < 4.78 is 8.23. The number of hydrogen-bond donors (Lipinski definition) is 0. The third kappa shape index (κ3) is 4.74. The van der Waals surface area contributed by atoms with Gasteiger partial charge in [0.15, 0.2) is 0 Å². The van der Waals surface area contributed by atoms with Gasteiger partial charge < -0.3 is 4.74 Å². The van der Waals surface area contributed by atoms with Gasteiger partial charge in [0.1, 0.15) is 12.4 Å².